The first kappa shape index (κ1) is 10.6. The number of aliphatic hydroxyl groups is 1. The third kappa shape index (κ3) is 1.61. The van der Waals surface area contributed by atoms with Crippen LogP contribution < -0.4 is 0 Å². The molecule has 0 bridgehead atoms. The topological polar surface area (TPSA) is 20.2 Å². The van der Waals surface area contributed by atoms with Crippen LogP contribution in [0.15, 0.2) is 0 Å². The van der Waals surface area contributed by atoms with Crippen molar-refractivity contribution in [2.45, 2.75) is 6.61 Å². The fourth-order valence-electron chi connectivity index (χ4n) is 0.789. The van der Waals surface area contributed by atoms with E-state index >= 15 is 0 Å². The second kappa shape index (κ2) is 3.74. The van der Waals surface area contributed by atoms with Gasteiger partial charge in [0.15, 0.2) is 17.5 Å². The maximum absolute atomic E-state index is 12.8. The number of halogens is 5. The molecule has 72 valence electrons. The van der Waals surface area contributed by atoms with Crippen LogP contribution in [0.2, 0.25) is 10.0 Å². The van der Waals surface area contributed by atoms with Crippen molar-refractivity contribution in [1.82, 2.24) is 0 Å². The molecule has 0 amide bonds. The van der Waals surface area contributed by atoms with Crippen LogP contribution in [0.1, 0.15) is 5.56 Å². The summed E-state index contributed by atoms with van der Waals surface area (Å²) in [5.74, 6) is -4.25. The first-order valence-corrected chi connectivity index (χ1v) is 3.87. The van der Waals surface area contributed by atoms with Crippen molar-refractivity contribution in [1.29, 1.82) is 0 Å². The molecule has 0 spiro atoms. The zero-order valence-corrected chi connectivity index (χ0v) is 7.56. The first-order valence-electron chi connectivity index (χ1n) is 3.11. The van der Waals surface area contributed by atoms with Crippen LogP contribution in [0.3, 0.4) is 0 Å². The Kier molecular flexibility index (Phi) is 3.05. The fourth-order valence-corrected chi connectivity index (χ4v) is 1.25. The van der Waals surface area contributed by atoms with Crippen molar-refractivity contribution >= 4 is 23.2 Å². The second-order valence-corrected chi connectivity index (χ2v) is 2.96. The Bertz CT molecular complexity index is 325. The molecule has 0 aromatic heterocycles. The number of rotatable bonds is 1. The van der Waals surface area contributed by atoms with E-state index in [1.807, 2.05) is 0 Å². The molecule has 0 saturated carbocycles. The Hall–Kier alpha value is -0.450. The van der Waals surface area contributed by atoms with E-state index in [0.29, 0.717) is 0 Å². The summed E-state index contributed by atoms with van der Waals surface area (Å²) in [5.41, 5.74) is -0.638. The maximum Gasteiger partial charge on any atom is 0.180 e. The molecule has 0 atom stereocenters. The lowest BCUT2D eigenvalue weighted by molar-refractivity contribution is 0.272. The monoisotopic (exact) mass is 230 g/mol. The molecule has 0 unspecified atom stereocenters. The maximum atomic E-state index is 12.8. The molecule has 1 aromatic rings. The highest BCUT2D eigenvalue weighted by molar-refractivity contribution is 6.35. The molecule has 0 aliphatic heterocycles. The third-order valence-corrected chi connectivity index (χ3v) is 2.18. The van der Waals surface area contributed by atoms with Gasteiger partial charge in [-0.15, -0.1) is 0 Å². The van der Waals surface area contributed by atoms with Gasteiger partial charge >= 0.3 is 0 Å². The summed E-state index contributed by atoms with van der Waals surface area (Å²) in [6, 6.07) is 0. The zero-order valence-electron chi connectivity index (χ0n) is 6.04. The van der Waals surface area contributed by atoms with Gasteiger partial charge in [0.2, 0.25) is 0 Å². The number of hydrogen-bond acceptors (Lipinski definition) is 1. The van der Waals surface area contributed by atoms with Gasteiger partial charge < -0.3 is 5.11 Å². The molecule has 0 fully saturated rings. The van der Waals surface area contributed by atoms with Crippen LogP contribution in [0.25, 0.3) is 0 Å². The molecule has 6 heteroatoms. The predicted molar refractivity (Wildman–Crippen MR) is 42.3 cm³/mol. The number of hydrogen-bond donors (Lipinski definition) is 1. The fraction of sp³-hybridized carbons (Fsp3) is 0.143. The van der Waals surface area contributed by atoms with E-state index in [2.05, 4.69) is 0 Å². The summed E-state index contributed by atoms with van der Waals surface area (Å²) < 4.78 is 38.4. The van der Waals surface area contributed by atoms with Gasteiger partial charge in [-0.1, -0.05) is 23.2 Å². The molecule has 1 nitrogen and oxygen atoms in total. The Morgan fingerprint density at radius 3 is 1.92 bits per heavy atom. The number of benzene rings is 1. The molecule has 0 aliphatic carbocycles. The average Bonchev–Trinajstić information content (AvgIpc) is 2.13. The summed E-state index contributed by atoms with van der Waals surface area (Å²) in [6.45, 7) is -0.893. The molecule has 13 heavy (non-hydrogen) atoms. The van der Waals surface area contributed by atoms with Crippen molar-refractivity contribution in [3.63, 3.8) is 0 Å². The van der Waals surface area contributed by atoms with E-state index in [0.717, 1.165) is 0 Å². The van der Waals surface area contributed by atoms with E-state index in [4.69, 9.17) is 28.3 Å². The van der Waals surface area contributed by atoms with Gasteiger partial charge in [-0.05, 0) is 0 Å². The molecular weight excluding hydrogens is 228 g/mol. The van der Waals surface area contributed by atoms with Crippen LogP contribution in [0, 0.1) is 17.5 Å². The first-order chi connectivity index (χ1) is 6.00. The van der Waals surface area contributed by atoms with Gasteiger partial charge in [-0.2, -0.15) is 0 Å². The minimum atomic E-state index is -1.55. The van der Waals surface area contributed by atoms with Crippen molar-refractivity contribution in [2.24, 2.45) is 0 Å². The zero-order chi connectivity index (χ0) is 10.2. The molecule has 0 radical (unpaired) electrons. The lowest BCUT2D eigenvalue weighted by Crippen LogP contribution is -2.00. The molecule has 1 N–H and O–H groups in total. The second-order valence-electron chi connectivity index (χ2n) is 2.21. The smallest absolute Gasteiger partial charge is 0.180 e. The van der Waals surface area contributed by atoms with Crippen molar-refractivity contribution in [2.75, 3.05) is 0 Å². The lowest BCUT2D eigenvalue weighted by atomic mass is 10.2. The van der Waals surface area contributed by atoms with Crippen LogP contribution in [0.4, 0.5) is 13.2 Å². The number of aliphatic hydroxyl groups excluding tert-OH is 1. The summed E-state index contributed by atoms with van der Waals surface area (Å²) in [7, 11) is 0. The highest BCUT2D eigenvalue weighted by Gasteiger charge is 2.21. The predicted octanol–water partition coefficient (Wildman–Crippen LogP) is 2.90. The summed E-state index contributed by atoms with van der Waals surface area (Å²) >= 11 is 10.3. The van der Waals surface area contributed by atoms with Crippen LogP contribution in [0.5, 0.6) is 0 Å². The van der Waals surface area contributed by atoms with Crippen LogP contribution in [-0.4, -0.2) is 5.11 Å². The van der Waals surface area contributed by atoms with E-state index in [9.17, 15) is 13.2 Å². The lowest BCUT2D eigenvalue weighted by Gasteiger charge is -2.06. The molecule has 1 rings (SSSR count). The van der Waals surface area contributed by atoms with E-state index in [1.165, 1.54) is 0 Å². The Balaban J connectivity index is 3.56. The van der Waals surface area contributed by atoms with Crippen LogP contribution >= 0.6 is 23.2 Å². The van der Waals surface area contributed by atoms with Gasteiger partial charge in [-0.3, -0.25) is 0 Å². The highest BCUT2D eigenvalue weighted by atomic mass is 35.5. The standard InChI is InChI=1S/C7H3Cl2F3O/c8-3-2(1-13)5(10)7(12)4(9)6(3)11/h13H,1H2. The van der Waals surface area contributed by atoms with Gasteiger partial charge in [-0.25, -0.2) is 13.2 Å². The average molecular weight is 231 g/mol. The van der Waals surface area contributed by atoms with Gasteiger partial charge in [0.25, 0.3) is 0 Å². The molecular formula is C7H3Cl2F3O. The summed E-state index contributed by atoms with van der Waals surface area (Å²) in [4.78, 5) is 0. The largest absolute Gasteiger partial charge is 0.392 e. The summed E-state index contributed by atoms with van der Waals surface area (Å²) in [6.07, 6.45) is 0. The Morgan fingerprint density at radius 2 is 1.46 bits per heavy atom. The molecule has 0 aliphatic rings. The van der Waals surface area contributed by atoms with E-state index in [-0.39, 0.29) is 0 Å². The minimum absolute atomic E-state index is 0.638. The Morgan fingerprint density at radius 1 is 0.923 bits per heavy atom. The van der Waals surface area contributed by atoms with E-state index < -0.39 is 39.7 Å². The molecule has 0 saturated heterocycles. The van der Waals surface area contributed by atoms with Crippen LogP contribution in [-0.2, 0) is 6.61 Å². The molecule has 0 heterocycles. The quantitative estimate of drug-likeness (QED) is 0.581. The van der Waals surface area contributed by atoms with Crippen molar-refractivity contribution in [3.05, 3.63) is 33.1 Å². The third-order valence-electron chi connectivity index (χ3n) is 1.46. The van der Waals surface area contributed by atoms with Crippen molar-refractivity contribution < 1.29 is 18.3 Å². The van der Waals surface area contributed by atoms with Gasteiger partial charge in [0, 0.05) is 5.56 Å². The van der Waals surface area contributed by atoms with Gasteiger partial charge in [0.1, 0.15) is 5.02 Å². The minimum Gasteiger partial charge on any atom is -0.392 e. The van der Waals surface area contributed by atoms with Gasteiger partial charge in [0.05, 0.1) is 11.6 Å². The normalized spacial score (nSPS) is 10.6. The van der Waals surface area contributed by atoms with E-state index in [1.54, 1.807) is 0 Å². The summed E-state index contributed by atoms with van der Waals surface area (Å²) in [5, 5.41) is 6.82. The highest BCUT2D eigenvalue weighted by Crippen LogP contribution is 2.31. The Labute approximate surface area is 81.7 Å². The van der Waals surface area contributed by atoms with Crippen molar-refractivity contribution in [3.8, 4) is 0 Å². The SMILES string of the molecule is OCc1c(F)c(F)c(Cl)c(F)c1Cl. The molecule has 1 aromatic carbocycles.